The molecule has 0 fully saturated rings. The molecule has 30 heavy (non-hydrogen) atoms. The SMILES string of the molecule is CCN1c2ccccc2-c2nc(SCC(=O)Nc3cccc(Cl)c3)ncc2S1(=O)=O. The topological polar surface area (TPSA) is 92.3 Å². The highest BCUT2D eigenvalue weighted by Crippen LogP contribution is 2.41. The molecule has 3 aromatic rings. The van der Waals surface area contributed by atoms with E-state index in [1.807, 2.05) is 12.1 Å². The number of hydrogen-bond acceptors (Lipinski definition) is 6. The van der Waals surface area contributed by atoms with Crippen LogP contribution in [0.2, 0.25) is 5.02 Å². The fourth-order valence-corrected chi connectivity index (χ4v) is 5.57. The number of nitrogens with one attached hydrogen (secondary N) is 1. The smallest absolute Gasteiger partial charge is 0.268 e. The van der Waals surface area contributed by atoms with E-state index in [2.05, 4.69) is 15.3 Å². The Labute approximate surface area is 183 Å². The summed E-state index contributed by atoms with van der Waals surface area (Å²) >= 11 is 7.06. The first-order chi connectivity index (χ1) is 14.4. The van der Waals surface area contributed by atoms with Gasteiger partial charge in [-0.05, 0) is 31.2 Å². The van der Waals surface area contributed by atoms with Gasteiger partial charge in [-0.25, -0.2) is 18.4 Å². The number of aromatic nitrogens is 2. The molecule has 0 unspecified atom stereocenters. The molecule has 0 saturated heterocycles. The van der Waals surface area contributed by atoms with Gasteiger partial charge in [-0.2, -0.15) is 0 Å². The Morgan fingerprint density at radius 2 is 2.00 bits per heavy atom. The predicted molar refractivity (Wildman–Crippen MR) is 118 cm³/mol. The van der Waals surface area contributed by atoms with Gasteiger partial charge in [0.1, 0.15) is 4.90 Å². The van der Waals surface area contributed by atoms with Gasteiger partial charge in [0.2, 0.25) is 5.91 Å². The second kappa shape index (κ2) is 8.25. The Bertz CT molecular complexity index is 1230. The molecule has 0 saturated carbocycles. The van der Waals surface area contributed by atoms with Crippen molar-refractivity contribution in [3.63, 3.8) is 0 Å². The number of amides is 1. The summed E-state index contributed by atoms with van der Waals surface area (Å²) in [5, 5.41) is 3.61. The van der Waals surface area contributed by atoms with Gasteiger partial charge in [-0.15, -0.1) is 0 Å². The predicted octanol–water partition coefficient (Wildman–Crippen LogP) is 4.06. The lowest BCUT2D eigenvalue weighted by molar-refractivity contribution is -0.113. The summed E-state index contributed by atoms with van der Waals surface area (Å²) in [6.45, 7) is 2.09. The van der Waals surface area contributed by atoms with E-state index in [1.165, 1.54) is 10.5 Å². The van der Waals surface area contributed by atoms with Crippen molar-refractivity contribution in [3.8, 4) is 11.3 Å². The first kappa shape index (κ1) is 20.6. The maximum absolute atomic E-state index is 13.0. The quantitative estimate of drug-likeness (QED) is 0.456. The first-order valence-corrected chi connectivity index (χ1v) is 11.9. The van der Waals surface area contributed by atoms with Crippen LogP contribution in [0, 0.1) is 0 Å². The van der Waals surface area contributed by atoms with Crippen molar-refractivity contribution < 1.29 is 13.2 Å². The molecule has 0 bridgehead atoms. The van der Waals surface area contributed by atoms with E-state index in [0.717, 1.165) is 17.3 Å². The van der Waals surface area contributed by atoms with E-state index < -0.39 is 10.0 Å². The average Bonchev–Trinajstić information content (AvgIpc) is 2.72. The number of anilines is 2. The number of para-hydroxylation sites is 1. The van der Waals surface area contributed by atoms with Crippen molar-refractivity contribution >= 4 is 50.7 Å². The highest BCUT2D eigenvalue weighted by atomic mass is 35.5. The summed E-state index contributed by atoms with van der Waals surface area (Å²) in [5.74, 6) is -0.172. The van der Waals surface area contributed by atoms with Crippen LogP contribution in [0.25, 0.3) is 11.3 Å². The molecule has 1 aliphatic heterocycles. The standard InChI is InChI=1S/C20H17ClN4O3S2/c1-2-25-16-9-4-3-8-15(16)19-17(30(25,27)28)11-22-20(24-19)29-12-18(26)23-14-7-5-6-13(21)10-14/h3-11H,2,12H2,1H3,(H,23,26). The number of thioether (sulfide) groups is 1. The Morgan fingerprint density at radius 3 is 2.77 bits per heavy atom. The van der Waals surface area contributed by atoms with Crippen molar-refractivity contribution in [2.45, 2.75) is 17.0 Å². The monoisotopic (exact) mass is 460 g/mol. The number of halogens is 1. The molecule has 1 aromatic heterocycles. The minimum Gasteiger partial charge on any atom is -0.325 e. The molecule has 0 aliphatic carbocycles. The van der Waals surface area contributed by atoms with Gasteiger partial charge >= 0.3 is 0 Å². The van der Waals surface area contributed by atoms with Gasteiger partial charge < -0.3 is 5.32 Å². The summed E-state index contributed by atoms with van der Waals surface area (Å²) < 4.78 is 27.3. The maximum Gasteiger partial charge on any atom is 0.268 e. The Kier molecular flexibility index (Phi) is 5.68. The zero-order valence-corrected chi connectivity index (χ0v) is 18.3. The third kappa shape index (κ3) is 3.88. The van der Waals surface area contributed by atoms with Gasteiger partial charge in [0, 0.05) is 22.8 Å². The molecule has 154 valence electrons. The molecular formula is C20H17ClN4O3S2. The van der Waals surface area contributed by atoms with E-state index >= 15 is 0 Å². The van der Waals surface area contributed by atoms with Crippen LogP contribution in [-0.2, 0) is 14.8 Å². The summed E-state index contributed by atoms with van der Waals surface area (Å²) in [4.78, 5) is 20.9. The number of benzene rings is 2. The van der Waals surface area contributed by atoms with Gasteiger partial charge in [-0.1, -0.05) is 47.6 Å². The number of sulfonamides is 1. The largest absolute Gasteiger partial charge is 0.325 e. The molecular weight excluding hydrogens is 444 g/mol. The van der Waals surface area contributed by atoms with Crippen LogP contribution in [0.15, 0.2) is 64.8 Å². The molecule has 2 aromatic carbocycles. The number of nitrogens with zero attached hydrogens (tertiary/aromatic N) is 3. The highest BCUT2D eigenvalue weighted by Gasteiger charge is 2.35. The van der Waals surface area contributed by atoms with Crippen molar-refractivity contribution in [2.24, 2.45) is 0 Å². The minimum absolute atomic E-state index is 0.0655. The number of carbonyl (C=O) groups is 1. The third-order valence-corrected chi connectivity index (χ3v) is 7.44. The fraction of sp³-hybridized carbons (Fsp3) is 0.150. The van der Waals surface area contributed by atoms with E-state index in [1.54, 1.807) is 43.3 Å². The van der Waals surface area contributed by atoms with Gasteiger partial charge in [0.15, 0.2) is 5.16 Å². The average molecular weight is 461 g/mol. The molecule has 4 rings (SSSR count). The zero-order valence-electron chi connectivity index (χ0n) is 15.9. The Hall–Kier alpha value is -2.62. The summed E-state index contributed by atoms with van der Waals surface area (Å²) in [5.41, 5.74) is 2.25. The van der Waals surface area contributed by atoms with Crippen LogP contribution in [0.5, 0.6) is 0 Å². The van der Waals surface area contributed by atoms with Crippen molar-refractivity contribution in [3.05, 3.63) is 59.8 Å². The molecule has 7 nitrogen and oxygen atoms in total. The fourth-order valence-electron chi connectivity index (χ4n) is 3.18. The molecule has 0 spiro atoms. The second-order valence-corrected chi connectivity index (χ2v) is 9.61. The number of fused-ring (bicyclic) bond motifs is 3. The van der Waals surface area contributed by atoms with Crippen LogP contribution in [0.3, 0.4) is 0 Å². The van der Waals surface area contributed by atoms with Gasteiger partial charge in [-0.3, -0.25) is 9.10 Å². The van der Waals surface area contributed by atoms with Crippen LogP contribution in [0.1, 0.15) is 6.92 Å². The number of rotatable bonds is 5. The molecule has 1 amide bonds. The Morgan fingerprint density at radius 1 is 1.20 bits per heavy atom. The van der Waals surface area contributed by atoms with E-state index in [0.29, 0.717) is 33.8 Å². The van der Waals surface area contributed by atoms with E-state index in [-0.39, 0.29) is 16.6 Å². The molecule has 0 atom stereocenters. The molecule has 0 radical (unpaired) electrons. The molecule has 10 heteroatoms. The first-order valence-electron chi connectivity index (χ1n) is 9.07. The molecule has 2 heterocycles. The van der Waals surface area contributed by atoms with Crippen LogP contribution in [-0.4, -0.2) is 36.6 Å². The zero-order chi connectivity index (χ0) is 21.3. The third-order valence-electron chi connectivity index (χ3n) is 4.46. The summed E-state index contributed by atoms with van der Waals surface area (Å²) in [6.07, 6.45) is 1.31. The highest BCUT2D eigenvalue weighted by molar-refractivity contribution is 7.99. The Balaban J connectivity index is 1.58. The number of hydrogen-bond donors (Lipinski definition) is 1. The van der Waals surface area contributed by atoms with Crippen LogP contribution >= 0.6 is 23.4 Å². The summed E-state index contributed by atoms with van der Waals surface area (Å²) in [6, 6.07) is 14.1. The van der Waals surface area contributed by atoms with Crippen molar-refractivity contribution in [2.75, 3.05) is 21.9 Å². The van der Waals surface area contributed by atoms with Crippen LogP contribution in [0.4, 0.5) is 11.4 Å². The van der Waals surface area contributed by atoms with Crippen molar-refractivity contribution in [1.82, 2.24) is 9.97 Å². The van der Waals surface area contributed by atoms with E-state index in [9.17, 15) is 13.2 Å². The lowest BCUT2D eigenvalue weighted by atomic mass is 10.1. The van der Waals surface area contributed by atoms with Gasteiger partial charge in [0.25, 0.3) is 10.0 Å². The summed E-state index contributed by atoms with van der Waals surface area (Å²) in [7, 11) is -3.73. The van der Waals surface area contributed by atoms with Gasteiger partial charge in [0.05, 0.1) is 23.3 Å². The maximum atomic E-state index is 13.0. The number of carbonyl (C=O) groups excluding carboxylic acids is 1. The lowest BCUT2D eigenvalue weighted by Crippen LogP contribution is -2.34. The minimum atomic E-state index is -3.73. The van der Waals surface area contributed by atoms with E-state index in [4.69, 9.17) is 11.6 Å². The van der Waals surface area contributed by atoms with Crippen molar-refractivity contribution in [1.29, 1.82) is 0 Å². The normalized spacial score (nSPS) is 14.0. The molecule has 1 aliphatic rings. The lowest BCUT2D eigenvalue weighted by Gasteiger charge is -2.30. The second-order valence-electron chi connectivity index (χ2n) is 6.40. The molecule has 1 N–H and O–H groups in total. The van der Waals surface area contributed by atoms with Crippen LogP contribution < -0.4 is 9.62 Å².